The summed E-state index contributed by atoms with van der Waals surface area (Å²) >= 11 is 0. The van der Waals surface area contributed by atoms with Crippen LogP contribution in [0.4, 0.5) is 5.69 Å². The summed E-state index contributed by atoms with van der Waals surface area (Å²) in [7, 11) is 0. The molecular formula is C23H22N2. The van der Waals surface area contributed by atoms with Gasteiger partial charge in [0.05, 0.1) is 11.4 Å². The maximum Gasteiger partial charge on any atom is 0.0730 e. The third-order valence-electron chi connectivity index (χ3n) is 4.10. The van der Waals surface area contributed by atoms with Gasteiger partial charge in [-0.15, -0.1) is 0 Å². The fourth-order valence-corrected chi connectivity index (χ4v) is 2.58. The van der Waals surface area contributed by atoms with Crippen molar-refractivity contribution in [2.24, 2.45) is 10.7 Å². The summed E-state index contributed by atoms with van der Waals surface area (Å²) in [6.45, 7) is 4.13. The summed E-state index contributed by atoms with van der Waals surface area (Å²) in [4.78, 5) is 4.87. The zero-order valence-corrected chi connectivity index (χ0v) is 14.6. The largest absolute Gasteiger partial charge is 0.398 e. The summed E-state index contributed by atoms with van der Waals surface area (Å²) in [6.07, 6.45) is 1.95. The lowest BCUT2D eigenvalue weighted by Crippen LogP contribution is -2.03. The van der Waals surface area contributed by atoms with Crippen molar-refractivity contribution >= 4 is 17.1 Å². The molecule has 3 aromatic carbocycles. The lowest BCUT2D eigenvalue weighted by Gasteiger charge is -2.07. The normalized spacial score (nSPS) is 12.2. The number of hydrogen-bond donors (Lipinski definition) is 1. The molecule has 0 radical (unpaired) electrons. The maximum atomic E-state index is 6.36. The number of hydrogen-bond acceptors (Lipinski definition) is 2. The number of nitrogens with two attached hydrogens (primary N) is 1. The van der Waals surface area contributed by atoms with Crippen LogP contribution in [-0.2, 0) is 0 Å². The molecule has 0 bridgehead atoms. The molecule has 3 aromatic rings. The molecule has 0 unspecified atom stereocenters. The molecule has 0 fully saturated rings. The van der Waals surface area contributed by atoms with Gasteiger partial charge in [0, 0.05) is 11.3 Å². The van der Waals surface area contributed by atoms with Gasteiger partial charge in [-0.05, 0) is 37.1 Å². The number of para-hydroxylation sites is 1. The second kappa shape index (κ2) is 7.63. The van der Waals surface area contributed by atoms with E-state index in [9.17, 15) is 0 Å². The van der Waals surface area contributed by atoms with Gasteiger partial charge in [0.2, 0.25) is 0 Å². The number of aliphatic imine (C=N–C) groups is 1. The fraction of sp³-hybridized carbons (Fsp3) is 0.0870. The van der Waals surface area contributed by atoms with E-state index < -0.39 is 0 Å². The van der Waals surface area contributed by atoms with Crippen molar-refractivity contribution in [3.8, 4) is 0 Å². The first-order valence-corrected chi connectivity index (χ1v) is 8.37. The predicted octanol–water partition coefficient (Wildman–Crippen LogP) is 5.42. The van der Waals surface area contributed by atoms with Crippen LogP contribution in [0.2, 0.25) is 0 Å². The van der Waals surface area contributed by atoms with Crippen molar-refractivity contribution in [1.29, 1.82) is 0 Å². The Labute approximate surface area is 149 Å². The minimum Gasteiger partial charge on any atom is -0.398 e. The predicted molar refractivity (Wildman–Crippen MR) is 107 cm³/mol. The van der Waals surface area contributed by atoms with Gasteiger partial charge < -0.3 is 5.73 Å². The minimum atomic E-state index is 0.705. The van der Waals surface area contributed by atoms with E-state index in [1.54, 1.807) is 0 Å². The van der Waals surface area contributed by atoms with Crippen LogP contribution in [0.5, 0.6) is 0 Å². The molecule has 0 amide bonds. The first kappa shape index (κ1) is 16.7. The summed E-state index contributed by atoms with van der Waals surface area (Å²) in [5.41, 5.74) is 13.3. The van der Waals surface area contributed by atoms with Gasteiger partial charge >= 0.3 is 0 Å². The average Bonchev–Trinajstić information content (AvgIpc) is 2.64. The first-order chi connectivity index (χ1) is 12.1. The molecule has 2 heteroatoms. The van der Waals surface area contributed by atoms with Crippen LogP contribution >= 0.6 is 0 Å². The SMILES string of the molecule is Cc1ccc(/C(N)=C\C(=Nc2ccccc2C)c2ccccc2)cc1. The summed E-state index contributed by atoms with van der Waals surface area (Å²) in [6, 6.07) is 26.4. The van der Waals surface area contributed by atoms with Crippen molar-refractivity contribution in [3.63, 3.8) is 0 Å². The number of rotatable bonds is 4. The van der Waals surface area contributed by atoms with E-state index in [0.29, 0.717) is 5.70 Å². The van der Waals surface area contributed by atoms with E-state index in [0.717, 1.165) is 28.1 Å². The van der Waals surface area contributed by atoms with Crippen molar-refractivity contribution in [1.82, 2.24) is 0 Å². The van der Waals surface area contributed by atoms with Crippen molar-refractivity contribution in [3.05, 3.63) is 107 Å². The molecule has 0 aliphatic carbocycles. The Morgan fingerprint density at radius 2 is 1.40 bits per heavy atom. The molecule has 0 spiro atoms. The van der Waals surface area contributed by atoms with Crippen molar-refractivity contribution in [2.45, 2.75) is 13.8 Å². The highest BCUT2D eigenvalue weighted by Gasteiger charge is 2.05. The van der Waals surface area contributed by atoms with Crippen molar-refractivity contribution in [2.75, 3.05) is 0 Å². The Kier molecular flexibility index (Phi) is 5.10. The third-order valence-corrected chi connectivity index (χ3v) is 4.10. The topological polar surface area (TPSA) is 38.4 Å². The van der Waals surface area contributed by atoms with Crippen LogP contribution in [-0.4, -0.2) is 5.71 Å². The first-order valence-electron chi connectivity index (χ1n) is 8.37. The molecule has 3 rings (SSSR count). The molecule has 0 atom stereocenters. The molecular weight excluding hydrogens is 304 g/mol. The van der Waals surface area contributed by atoms with Gasteiger partial charge in [0.1, 0.15) is 0 Å². The maximum absolute atomic E-state index is 6.36. The second-order valence-corrected chi connectivity index (χ2v) is 6.12. The Balaban J connectivity index is 2.07. The molecule has 2 nitrogen and oxygen atoms in total. The van der Waals surface area contributed by atoms with Crippen molar-refractivity contribution < 1.29 is 0 Å². The zero-order chi connectivity index (χ0) is 17.6. The van der Waals surface area contributed by atoms with Gasteiger partial charge in [0.15, 0.2) is 0 Å². The average molecular weight is 326 g/mol. The molecule has 2 N–H and O–H groups in total. The monoisotopic (exact) mass is 326 g/mol. The highest BCUT2D eigenvalue weighted by atomic mass is 14.8. The molecule has 0 heterocycles. The molecule has 25 heavy (non-hydrogen) atoms. The standard InChI is InChI=1S/C23H22N2/c1-17-12-14-19(15-13-17)21(24)16-23(20-9-4-3-5-10-20)25-22-11-7-6-8-18(22)2/h3-16H,24H2,1-2H3/b21-16+,25-23?. The second-order valence-electron chi connectivity index (χ2n) is 6.12. The van der Waals surface area contributed by atoms with E-state index >= 15 is 0 Å². The summed E-state index contributed by atoms with van der Waals surface area (Å²) in [5, 5.41) is 0. The summed E-state index contributed by atoms with van der Waals surface area (Å²) in [5.74, 6) is 0. The molecule has 124 valence electrons. The van der Waals surface area contributed by atoms with Crippen LogP contribution in [0.3, 0.4) is 0 Å². The molecule has 0 aromatic heterocycles. The van der Waals surface area contributed by atoms with Crippen LogP contribution in [0.25, 0.3) is 5.70 Å². The lowest BCUT2D eigenvalue weighted by molar-refractivity contribution is 1.39. The highest BCUT2D eigenvalue weighted by molar-refractivity contribution is 6.13. The molecule has 0 aliphatic heterocycles. The molecule has 0 saturated heterocycles. The lowest BCUT2D eigenvalue weighted by atomic mass is 10.0. The van der Waals surface area contributed by atoms with Gasteiger partial charge in [-0.1, -0.05) is 78.4 Å². The van der Waals surface area contributed by atoms with E-state index in [4.69, 9.17) is 10.7 Å². The highest BCUT2D eigenvalue weighted by Crippen LogP contribution is 2.20. The number of benzene rings is 3. The van der Waals surface area contributed by atoms with Crippen LogP contribution in [0.1, 0.15) is 22.3 Å². The third kappa shape index (κ3) is 4.24. The Morgan fingerprint density at radius 1 is 0.760 bits per heavy atom. The number of allylic oxidation sites excluding steroid dienone is 1. The molecule has 0 saturated carbocycles. The van der Waals surface area contributed by atoms with Gasteiger partial charge in [-0.2, -0.15) is 0 Å². The quantitative estimate of drug-likeness (QED) is 0.638. The van der Waals surface area contributed by atoms with E-state index in [-0.39, 0.29) is 0 Å². The Morgan fingerprint density at radius 3 is 2.08 bits per heavy atom. The van der Waals surface area contributed by atoms with Gasteiger partial charge in [-0.25, -0.2) is 4.99 Å². The minimum absolute atomic E-state index is 0.705. The van der Waals surface area contributed by atoms with Crippen LogP contribution in [0, 0.1) is 13.8 Å². The summed E-state index contributed by atoms with van der Waals surface area (Å²) < 4.78 is 0. The van der Waals surface area contributed by atoms with Gasteiger partial charge in [0.25, 0.3) is 0 Å². The van der Waals surface area contributed by atoms with Gasteiger partial charge in [-0.3, -0.25) is 0 Å². The Bertz CT molecular complexity index is 904. The van der Waals surface area contributed by atoms with E-state index in [1.165, 1.54) is 5.56 Å². The number of aryl methyl sites for hydroxylation is 2. The van der Waals surface area contributed by atoms with E-state index in [2.05, 4.69) is 44.2 Å². The number of nitrogens with zero attached hydrogens (tertiary/aromatic N) is 1. The van der Waals surface area contributed by atoms with Crippen LogP contribution in [0.15, 0.2) is 89.9 Å². The van der Waals surface area contributed by atoms with E-state index in [1.807, 2.05) is 54.6 Å². The molecule has 0 aliphatic rings. The smallest absolute Gasteiger partial charge is 0.0730 e. The van der Waals surface area contributed by atoms with Crippen LogP contribution < -0.4 is 5.73 Å². The zero-order valence-electron chi connectivity index (χ0n) is 14.6. The fourth-order valence-electron chi connectivity index (χ4n) is 2.58. The Hall–Kier alpha value is -3.13.